The van der Waals surface area contributed by atoms with Crippen molar-refractivity contribution in [1.82, 2.24) is 20.3 Å². The lowest BCUT2D eigenvalue weighted by molar-refractivity contribution is -0.136. The minimum atomic E-state index is -0.631. The minimum Gasteiger partial charge on any atom is -0.361 e. The van der Waals surface area contributed by atoms with Crippen molar-refractivity contribution >= 4 is 35.0 Å². The number of aromatic nitrogens is 1. The molecular weight excluding hydrogens is 427 g/mol. The van der Waals surface area contributed by atoms with E-state index in [2.05, 4.69) is 15.4 Å². The van der Waals surface area contributed by atoms with Gasteiger partial charge in [0.2, 0.25) is 5.91 Å². The van der Waals surface area contributed by atoms with Crippen molar-refractivity contribution in [2.24, 2.45) is 5.92 Å². The molecule has 0 radical (unpaired) electrons. The zero-order valence-electron chi connectivity index (χ0n) is 17.3. The molecule has 1 aromatic carbocycles. The smallest absolute Gasteiger partial charge is 0.253 e. The predicted octanol–water partition coefficient (Wildman–Crippen LogP) is 3.39. The molecule has 1 N–H and O–H groups in total. The van der Waals surface area contributed by atoms with E-state index in [0.717, 1.165) is 24.5 Å². The van der Waals surface area contributed by atoms with E-state index >= 15 is 0 Å². The second kappa shape index (κ2) is 9.81. The van der Waals surface area contributed by atoms with E-state index in [1.807, 2.05) is 26.8 Å². The Kier molecular flexibility index (Phi) is 7.39. The summed E-state index contributed by atoms with van der Waals surface area (Å²) in [5, 5.41) is 7.58. The Morgan fingerprint density at radius 3 is 2.43 bits per heavy atom. The molecule has 30 heavy (non-hydrogen) atoms. The van der Waals surface area contributed by atoms with Gasteiger partial charge in [0, 0.05) is 43.8 Å². The lowest BCUT2D eigenvalue weighted by Gasteiger charge is -2.37. The van der Waals surface area contributed by atoms with Gasteiger partial charge in [-0.05, 0) is 31.0 Å². The largest absolute Gasteiger partial charge is 0.361 e. The van der Waals surface area contributed by atoms with Gasteiger partial charge >= 0.3 is 0 Å². The number of carbonyl (C=O) groups excluding carboxylic acids is 2. The van der Waals surface area contributed by atoms with Gasteiger partial charge in [-0.1, -0.05) is 42.2 Å². The molecule has 1 saturated heterocycles. The van der Waals surface area contributed by atoms with Gasteiger partial charge < -0.3 is 14.7 Å². The average molecular weight is 453 g/mol. The summed E-state index contributed by atoms with van der Waals surface area (Å²) in [6, 6.07) is 5.97. The minimum absolute atomic E-state index is 0.0661. The molecule has 0 saturated carbocycles. The summed E-state index contributed by atoms with van der Waals surface area (Å²) in [5.41, 5.74) is 1.19. The highest BCUT2D eigenvalue weighted by molar-refractivity contribution is 6.36. The van der Waals surface area contributed by atoms with Crippen LogP contribution >= 0.6 is 23.2 Å². The lowest BCUT2D eigenvalue weighted by atomic mass is 10.0. The first-order valence-corrected chi connectivity index (χ1v) is 10.7. The van der Waals surface area contributed by atoms with Crippen LogP contribution < -0.4 is 5.32 Å². The number of nitrogens with one attached hydrogen (secondary N) is 1. The first kappa shape index (κ1) is 22.6. The monoisotopic (exact) mass is 452 g/mol. The van der Waals surface area contributed by atoms with Gasteiger partial charge in [0.05, 0.1) is 16.3 Å². The summed E-state index contributed by atoms with van der Waals surface area (Å²) in [6.45, 7) is 9.04. The maximum atomic E-state index is 13.1. The van der Waals surface area contributed by atoms with Crippen LogP contribution in [0.25, 0.3) is 0 Å². The van der Waals surface area contributed by atoms with E-state index in [4.69, 9.17) is 27.7 Å². The van der Waals surface area contributed by atoms with Crippen molar-refractivity contribution in [3.63, 3.8) is 0 Å². The molecule has 0 aliphatic carbocycles. The van der Waals surface area contributed by atoms with Gasteiger partial charge in [0.15, 0.2) is 0 Å². The first-order valence-electron chi connectivity index (χ1n) is 9.94. The number of benzene rings is 1. The van der Waals surface area contributed by atoms with Gasteiger partial charge in [-0.2, -0.15) is 0 Å². The van der Waals surface area contributed by atoms with Crippen LogP contribution in [0.1, 0.15) is 35.7 Å². The Hall–Kier alpha value is -2.09. The Labute approximate surface area is 186 Å². The SMILES string of the molecule is Cc1cc(CN2CCN(C(=O)[C@H](NC(=O)c3ccc(Cl)cc3Cl)C(C)C)CC2)no1. The van der Waals surface area contributed by atoms with Crippen molar-refractivity contribution < 1.29 is 14.1 Å². The first-order chi connectivity index (χ1) is 14.2. The van der Waals surface area contributed by atoms with Crippen LogP contribution in [0.5, 0.6) is 0 Å². The average Bonchev–Trinajstić information content (AvgIpc) is 3.10. The molecule has 3 rings (SSSR count). The third kappa shape index (κ3) is 5.53. The molecule has 2 heterocycles. The highest BCUT2D eigenvalue weighted by atomic mass is 35.5. The number of piperazine rings is 1. The molecule has 162 valence electrons. The van der Waals surface area contributed by atoms with E-state index in [0.29, 0.717) is 30.2 Å². The van der Waals surface area contributed by atoms with E-state index in [1.165, 1.54) is 6.07 Å². The molecule has 2 aromatic rings. The fourth-order valence-corrected chi connectivity index (χ4v) is 3.95. The zero-order valence-corrected chi connectivity index (χ0v) is 18.8. The molecule has 1 aliphatic rings. The summed E-state index contributed by atoms with van der Waals surface area (Å²) >= 11 is 12.0. The maximum absolute atomic E-state index is 13.1. The summed E-state index contributed by atoms with van der Waals surface area (Å²) < 4.78 is 5.11. The Morgan fingerprint density at radius 1 is 1.17 bits per heavy atom. The van der Waals surface area contributed by atoms with Crippen molar-refractivity contribution in [1.29, 1.82) is 0 Å². The third-order valence-corrected chi connectivity index (χ3v) is 5.69. The summed E-state index contributed by atoms with van der Waals surface area (Å²) in [7, 11) is 0. The van der Waals surface area contributed by atoms with Crippen molar-refractivity contribution in [2.75, 3.05) is 26.2 Å². The number of hydrogen-bond acceptors (Lipinski definition) is 5. The topological polar surface area (TPSA) is 78.7 Å². The van der Waals surface area contributed by atoms with Crippen LogP contribution in [0.15, 0.2) is 28.8 Å². The lowest BCUT2D eigenvalue weighted by Crippen LogP contribution is -2.56. The zero-order chi connectivity index (χ0) is 21.8. The molecule has 2 amide bonds. The summed E-state index contributed by atoms with van der Waals surface area (Å²) in [6.07, 6.45) is 0. The molecule has 9 heteroatoms. The maximum Gasteiger partial charge on any atom is 0.253 e. The van der Waals surface area contributed by atoms with E-state index in [-0.39, 0.29) is 22.8 Å². The Bertz CT molecular complexity index is 907. The molecule has 1 aliphatic heterocycles. The van der Waals surface area contributed by atoms with Gasteiger partial charge in [0.1, 0.15) is 11.8 Å². The van der Waals surface area contributed by atoms with E-state index in [1.54, 1.807) is 17.0 Å². The molecule has 7 nitrogen and oxygen atoms in total. The molecule has 1 fully saturated rings. The van der Waals surface area contributed by atoms with Gasteiger partial charge in [-0.15, -0.1) is 0 Å². The Balaban J connectivity index is 1.59. The standard InChI is InChI=1S/C21H26Cl2N4O3/c1-13(2)19(24-20(28)17-5-4-15(22)11-18(17)23)21(29)27-8-6-26(7-9-27)12-16-10-14(3)30-25-16/h4-5,10-11,13,19H,6-9,12H2,1-3H3,(H,24,28)/t19-/m1/s1. The van der Waals surface area contributed by atoms with Crippen LogP contribution in [-0.4, -0.2) is 59.0 Å². The molecule has 1 aromatic heterocycles. The van der Waals surface area contributed by atoms with Gasteiger partial charge in [-0.3, -0.25) is 14.5 Å². The summed E-state index contributed by atoms with van der Waals surface area (Å²) in [5.74, 6) is 0.253. The molecule has 1 atom stereocenters. The van der Waals surface area contributed by atoms with Crippen LogP contribution in [-0.2, 0) is 11.3 Å². The van der Waals surface area contributed by atoms with Crippen LogP contribution in [0.4, 0.5) is 0 Å². The number of carbonyl (C=O) groups is 2. The van der Waals surface area contributed by atoms with Crippen LogP contribution in [0.3, 0.4) is 0 Å². The fourth-order valence-electron chi connectivity index (χ4n) is 3.45. The number of rotatable bonds is 6. The second-order valence-corrected chi connectivity index (χ2v) is 8.69. The molecular formula is C21H26Cl2N4O3. The van der Waals surface area contributed by atoms with E-state index < -0.39 is 6.04 Å². The van der Waals surface area contributed by atoms with Gasteiger partial charge in [-0.25, -0.2) is 0 Å². The Morgan fingerprint density at radius 2 is 1.87 bits per heavy atom. The number of halogens is 2. The highest BCUT2D eigenvalue weighted by Gasteiger charge is 2.31. The fraction of sp³-hybridized carbons (Fsp3) is 0.476. The number of amides is 2. The number of aryl methyl sites for hydroxylation is 1. The van der Waals surface area contributed by atoms with Crippen molar-refractivity contribution in [2.45, 2.75) is 33.4 Å². The summed E-state index contributed by atoms with van der Waals surface area (Å²) in [4.78, 5) is 29.9. The molecule has 0 bridgehead atoms. The normalized spacial score (nSPS) is 16.0. The van der Waals surface area contributed by atoms with Crippen molar-refractivity contribution in [3.05, 3.63) is 51.3 Å². The van der Waals surface area contributed by atoms with Crippen LogP contribution in [0.2, 0.25) is 10.0 Å². The molecule has 0 unspecified atom stereocenters. The number of nitrogens with zero attached hydrogens (tertiary/aromatic N) is 3. The highest BCUT2D eigenvalue weighted by Crippen LogP contribution is 2.21. The molecule has 0 spiro atoms. The van der Waals surface area contributed by atoms with E-state index in [9.17, 15) is 9.59 Å². The second-order valence-electron chi connectivity index (χ2n) is 7.85. The third-order valence-electron chi connectivity index (χ3n) is 5.14. The van der Waals surface area contributed by atoms with Crippen molar-refractivity contribution in [3.8, 4) is 0 Å². The van der Waals surface area contributed by atoms with Crippen LogP contribution in [0, 0.1) is 12.8 Å². The number of hydrogen-bond donors (Lipinski definition) is 1. The van der Waals surface area contributed by atoms with Gasteiger partial charge in [0.25, 0.3) is 5.91 Å². The predicted molar refractivity (Wildman–Crippen MR) is 116 cm³/mol. The quantitative estimate of drug-likeness (QED) is 0.726.